The normalized spacial score (nSPS) is 26.9. The van der Waals surface area contributed by atoms with Crippen molar-refractivity contribution in [2.75, 3.05) is 13.1 Å². The maximum absolute atomic E-state index is 9.75. The topological polar surface area (TPSA) is 62.4 Å². The van der Waals surface area contributed by atoms with Gasteiger partial charge in [-0.3, -0.25) is 4.90 Å². The second kappa shape index (κ2) is 3.33. The van der Waals surface area contributed by atoms with Gasteiger partial charge in [0.15, 0.2) is 6.33 Å². The van der Waals surface area contributed by atoms with Crippen molar-refractivity contribution >= 4 is 0 Å². The van der Waals surface area contributed by atoms with E-state index in [1.807, 2.05) is 0 Å². The third-order valence-electron chi connectivity index (χ3n) is 2.73. The first kappa shape index (κ1) is 9.61. The Morgan fingerprint density at radius 3 is 3.00 bits per heavy atom. The van der Waals surface area contributed by atoms with Gasteiger partial charge in [0.2, 0.25) is 5.89 Å². The fourth-order valence-corrected chi connectivity index (χ4v) is 1.82. The lowest BCUT2D eigenvalue weighted by Gasteiger charge is -2.20. The minimum atomic E-state index is -0.273. The van der Waals surface area contributed by atoms with Gasteiger partial charge >= 0.3 is 0 Å². The summed E-state index contributed by atoms with van der Waals surface area (Å²) in [7, 11) is 0. The summed E-state index contributed by atoms with van der Waals surface area (Å²) in [5, 5.41) is 13.3. The summed E-state index contributed by atoms with van der Waals surface area (Å²) >= 11 is 0. The van der Waals surface area contributed by atoms with E-state index < -0.39 is 0 Å². The Labute approximate surface area is 82.7 Å². The highest BCUT2D eigenvalue weighted by atomic mass is 16.5. The maximum Gasteiger partial charge on any atom is 0.240 e. The number of aliphatic hydroxyl groups excluding tert-OH is 1. The molecule has 0 spiro atoms. The van der Waals surface area contributed by atoms with Crippen molar-refractivity contribution < 1.29 is 9.63 Å². The average Bonchev–Trinajstić information content (AvgIpc) is 2.62. The van der Waals surface area contributed by atoms with Crippen LogP contribution in [0.2, 0.25) is 0 Å². The fraction of sp³-hybridized carbons (Fsp3) is 0.778. The van der Waals surface area contributed by atoms with Gasteiger partial charge in [0.05, 0.1) is 12.6 Å². The molecule has 0 amide bonds. The molecule has 1 aromatic heterocycles. The first-order valence-electron chi connectivity index (χ1n) is 4.74. The summed E-state index contributed by atoms with van der Waals surface area (Å²) in [6.45, 7) is 6.28. The zero-order chi connectivity index (χ0) is 10.2. The van der Waals surface area contributed by atoms with Crippen LogP contribution in [0.5, 0.6) is 0 Å². The van der Waals surface area contributed by atoms with E-state index in [0.29, 0.717) is 19.0 Å². The van der Waals surface area contributed by atoms with Crippen LogP contribution in [0.3, 0.4) is 0 Å². The lowest BCUT2D eigenvalue weighted by atomic mass is 9.90. The summed E-state index contributed by atoms with van der Waals surface area (Å²) < 4.78 is 4.91. The van der Waals surface area contributed by atoms with Crippen molar-refractivity contribution in [1.29, 1.82) is 0 Å². The first-order valence-corrected chi connectivity index (χ1v) is 4.74. The van der Waals surface area contributed by atoms with Gasteiger partial charge in [-0.1, -0.05) is 19.0 Å². The van der Waals surface area contributed by atoms with Crippen LogP contribution >= 0.6 is 0 Å². The molecule has 2 rings (SSSR count). The predicted octanol–water partition coefficient (Wildman–Crippen LogP) is 0.272. The molecule has 1 atom stereocenters. The minimum Gasteiger partial charge on any atom is -0.391 e. The van der Waals surface area contributed by atoms with Gasteiger partial charge in [-0.05, 0) is 0 Å². The van der Waals surface area contributed by atoms with Crippen molar-refractivity contribution in [3.8, 4) is 0 Å². The van der Waals surface area contributed by atoms with E-state index in [2.05, 4.69) is 28.9 Å². The first-order chi connectivity index (χ1) is 6.58. The van der Waals surface area contributed by atoms with Gasteiger partial charge in [0.1, 0.15) is 0 Å². The zero-order valence-corrected chi connectivity index (χ0v) is 8.47. The van der Waals surface area contributed by atoms with Gasteiger partial charge < -0.3 is 9.63 Å². The van der Waals surface area contributed by atoms with Crippen LogP contribution in [-0.2, 0) is 6.54 Å². The highest BCUT2D eigenvalue weighted by Crippen LogP contribution is 2.29. The summed E-state index contributed by atoms with van der Waals surface area (Å²) in [6, 6.07) is 0. The number of aromatic nitrogens is 2. The van der Waals surface area contributed by atoms with E-state index >= 15 is 0 Å². The van der Waals surface area contributed by atoms with Crippen molar-refractivity contribution in [2.24, 2.45) is 5.41 Å². The number of rotatable bonds is 2. The molecular formula is C9H15N3O2. The van der Waals surface area contributed by atoms with Crippen molar-refractivity contribution in [1.82, 2.24) is 15.0 Å². The van der Waals surface area contributed by atoms with Crippen LogP contribution in [-0.4, -0.2) is 39.3 Å². The van der Waals surface area contributed by atoms with Gasteiger partial charge in [0, 0.05) is 18.5 Å². The number of likely N-dealkylation sites (tertiary alicyclic amines) is 1. The number of nitrogens with zero attached hydrogens (tertiary/aromatic N) is 3. The Morgan fingerprint density at radius 2 is 2.50 bits per heavy atom. The SMILES string of the molecule is CC1(C)CN(Cc2ncno2)CC1O. The van der Waals surface area contributed by atoms with Crippen LogP contribution in [0, 0.1) is 5.41 Å². The van der Waals surface area contributed by atoms with Crippen LogP contribution in [0.1, 0.15) is 19.7 Å². The van der Waals surface area contributed by atoms with E-state index in [9.17, 15) is 5.11 Å². The summed E-state index contributed by atoms with van der Waals surface area (Å²) in [5.41, 5.74) is -0.0416. The van der Waals surface area contributed by atoms with Crippen molar-refractivity contribution in [3.63, 3.8) is 0 Å². The Morgan fingerprint density at radius 1 is 1.71 bits per heavy atom. The smallest absolute Gasteiger partial charge is 0.240 e. The number of aliphatic hydroxyl groups is 1. The zero-order valence-electron chi connectivity index (χ0n) is 8.47. The fourth-order valence-electron chi connectivity index (χ4n) is 1.82. The Hall–Kier alpha value is -0.940. The van der Waals surface area contributed by atoms with E-state index in [1.165, 1.54) is 6.33 Å². The maximum atomic E-state index is 9.75. The second-order valence-corrected chi connectivity index (χ2v) is 4.51. The molecule has 0 bridgehead atoms. The number of β-amino-alcohol motifs (C(OH)–C–C–N with tert-alkyl or cyclic N) is 1. The molecule has 0 aromatic carbocycles. The largest absolute Gasteiger partial charge is 0.391 e. The molecule has 1 fully saturated rings. The van der Waals surface area contributed by atoms with Gasteiger partial charge in [-0.2, -0.15) is 4.98 Å². The van der Waals surface area contributed by atoms with E-state index in [4.69, 9.17) is 4.52 Å². The highest BCUT2D eigenvalue weighted by molar-refractivity contribution is 4.92. The minimum absolute atomic E-state index is 0.0416. The Kier molecular flexibility index (Phi) is 2.28. The van der Waals surface area contributed by atoms with Crippen LogP contribution in [0.15, 0.2) is 10.9 Å². The molecule has 1 aliphatic heterocycles. The molecular weight excluding hydrogens is 182 g/mol. The molecule has 0 saturated carbocycles. The monoisotopic (exact) mass is 197 g/mol. The molecule has 14 heavy (non-hydrogen) atoms. The molecule has 1 unspecified atom stereocenters. The molecule has 1 aliphatic rings. The summed E-state index contributed by atoms with van der Waals surface area (Å²) in [6.07, 6.45) is 1.12. The van der Waals surface area contributed by atoms with E-state index in [1.54, 1.807) is 0 Å². The lowest BCUT2D eigenvalue weighted by Crippen LogP contribution is -2.26. The molecule has 5 heteroatoms. The lowest BCUT2D eigenvalue weighted by molar-refractivity contribution is 0.0953. The van der Waals surface area contributed by atoms with E-state index in [-0.39, 0.29) is 11.5 Å². The van der Waals surface area contributed by atoms with Crippen LogP contribution < -0.4 is 0 Å². The van der Waals surface area contributed by atoms with Gasteiger partial charge in [-0.15, -0.1) is 0 Å². The molecule has 1 N–H and O–H groups in total. The Bertz CT molecular complexity index is 297. The third-order valence-corrected chi connectivity index (χ3v) is 2.73. The van der Waals surface area contributed by atoms with Crippen LogP contribution in [0.4, 0.5) is 0 Å². The molecule has 1 saturated heterocycles. The predicted molar refractivity (Wildman–Crippen MR) is 49.4 cm³/mol. The molecule has 1 aromatic rings. The number of hydrogen-bond donors (Lipinski definition) is 1. The van der Waals surface area contributed by atoms with Crippen LogP contribution in [0.25, 0.3) is 0 Å². The number of hydrogen-bond acceptors (Lipinski definition) is 5. The van der Waals surface area contributed by atoms with Gasteiger partial charge in [0.25, 0.3) is 0 Å². The average molecular weight is 197 g/mol. The summed E-state index contributed by atoms with van der Waals surface area (Å²) in [5.74, 6) is 0.606. The Balaban J connectivity index is 1.96. The standard InChI is InChI=1S/C9H15N3O2/c1-9(2)5-12(3-7(9)13)4-8-10-6-11-14-8/h6-7,13H,3-5H2,1-2H3. The van der Waals surface area contributed by atoms with E-state index in [0.717, 1.165) is 6.54 Å². The third kappa shape index (κ3) is 1.78. The second-order valence-electron chi connectivity index (χ2n) is 4.51. The summed E-state index contributed by atoms with van der Waals surface area (Å²) in [4.78, 5) is 6.07. The quantitative estimate of drug-likeness (QED) is 0.737. The molecule has 0 radical (unpaired) electrons. The molecule has 0 aliphatic carbocycles. The highest BCUT2D eigenvalue weighted by Gasteiger charge is 2.38. The molecule has 2 heterocycles. The van der Waals surface area contributed by atoms with Crippen molar-refractivity contribution in [2.45, 2.75) is 26.5 Å². The molecule has 5 nitrogen and oxygen atoms in total. The van der Waals surface area contributed by atoms with Gasteiger partial charge in [-0.25, -0.2) is 0 Å². The van der Waals surface area contributed by atoms with Crippen molar-refractivity contribution in [3.05, 3.63) is 12.2 Å². The molecule has 78 valence electrons.